The molecule has 0 heterocycles. The molecule has 2 aromatic rings. The number of carbonyl (C=O) groups is 1. The van der Waals surface area contributed by atoms with E-state index in [0.29, 0.717) is 5.56 Å². The third-order valence-corrected chi connectivity index (χ3v) is 3.58. The van der Waals surface area contributed by atoms with Crippen LogP contribution in [-0.4, -0.2) is 11.9 Å². The maximum atomic E-state index is 13.6. The first-order valence-corrected chi connectivity index (χ1v) is 7.26. The van der Waals surface area contributed by atoms with Gasteiger partial charge in [0, 0.05) is 21.6 Å². The summed E-state index contributed by atoms with van der Waals surface area (Å²) in [5.74, 6) is -1.47. The van der Waals surface area contributed by atoms with Crippen LogP contribution in [0.4, 0.5) is 8.78 Å². The molecule has 1 unspecified atom stereocenters. The van der Waals surface area contributed by atoms with Gasteiger partial charge in [0.2, 0.25) is 0 Å². The van der Waals surface area contributed by atoms with Crippen molar-refractivity contribution in [3.8, 4) is 0 Å². The first-order valence-electron chi connectivity index (χ1n) is 6.46. The Bertz CT molecular complexity index is 623. The Kier molecular flexibility index (Phi) is 5.07. The van der Waals surface area contributed by atoms with Gasteiger partial charge in [-0.3, -0.25) is 4.79 Å². The molecule has 0 saturated carbocycles. The minimum absolute atomic E-state index is 0.0129. The summed E-state index contributed by atoms with van der Waals surface area (Å²) >= 11 is 3.29. The highest BCUT2D eigenvalue weighted by atomic mass is 79.9. The van der Waals surface area contributed by atoms with Gasteiger partial charge in [-0.25, -0.2) is 8.78 Å². The lowest BCUT2D eigenvalue weighted by Crippen LogP contribution is -2.34. The first kappa shape index (κ1) is 15.6. The molecule has 0 saturated heterocycles. The molecule has 1 atom stereocenters. The average Bonchev–Trinajstić information content (AvgIpc) is 2.43. The molecule has 2 aromatic carbocycles. The minimum atomic E-state index is -0.597. The maximum absolute atomic E-state index is 13.6. The standard InChI is InChI=1S/C16H14BrF2NO/c1-10(9-13-14(18)3-2-4-15(13)19)20-16(21)11-5-7-12(17)8-6-11/h2-8,10H,9H2,1H3,(H,20,21). The van der Waals surface area contributed by atoms with Crippen molar-refractivity contribution in [2.45, 2.75) is 19.4 Å². The predicted octanol–water partition coefficient (Wildman–Crippen LogP) is 4.09. The number of carbonyl (C=O) groups excluding carboxylic acids is 1. The third-order valence-electron chi connectivity index (χ3n) is 3.06. The van der Waals surface area contributed by atoms with Gasteiger partial charge in [0.05, 0.1) is 0 Å². The van der Waals surface area contributed by atoms with Crippen molar-refractivity contribution in [3.63, 3.8) is 0 Å². The van der Waals surface area contributed by atoms with Crippen LogP contribution < -0.4 is 5.32 Å². The fraction of sp³-hybridized carbons (Fsp3) is 0.188. The van der Waals surface area contributed by atoms with Gasteiger partial charge in [0.1, 0.15) is 11.6 Å². The van der Waals surface area contributed by atoms with Crippen LogP contribution in [-0.2, 0) is 6.42 Å². The topological polar surface area (TPSA) is 29.1 Å². The molecule has 0 aliphatic carbocycles. The molecule has 21 heavy (non-hydrogen) atoms. The number of hydrogen-bond donors (Lipinski definition) is 1. The second-order valence-electron chi connectivity index (χ2n) is 4.79. The normalized spacial score (nSPS) is 12.0. The summed E-state index contributed by atoms with van der Waals surface area (Å²) in [5, 5.41) is 2.73. The summed E-state index contributed by atoms with van der Waals surface area (Å²) in [7, 11) is 0. The molecule has 0 bridgehead atoms. The van der Waals surface area contributed by atoms with E-state index in [9.17, 15) is 13.6 Å². The van der Waals surface area contributed by atoms with Crippen molar-refractivity contribution < 1.29 is 13.6 Å². The number of halogens is 3. The highest BCUT2D eigenvalue weighted by Gasteiger charge is 2.15. The number of hydrogen-bond acceptors (Lipinski definition) is 1. The lowest BCUT2D eigenvalue weighted by Gasteiger charge is -2.15. The summed E-state index contributed by atoms with van der Waals surface area (Å²) in [6.07, 6.45) is 0.0980. The average molecular weight is 354 g/mol. The number of benzene rings is 2. The zero-order chi connectivity index (χ0) is 15.4. The van der Waals surface area contributed by atoms with E-state index in [2.05, 4.69) is 21.2 Å². The largest absolute Gasteiger partial charge is 0.349 e. The molecule has 2 rings (SSSR count). The van der Waals surface area contributed by atoms with Crippen LogP contribution in [0.1, 0.15) is 22.8 Å². The smallest absolute Gasteiger partial charge is 0.251 e. The molecule has 2 nitrogen and oxygen atoms in total. The molecule has 110 valence electrons. The Morgan fingerprint density at radius 2 is 1.71 bits per heavy atom. The molecular weight excluding hydrogens is 340 g/mol. The summed E-state index contributed by atoms with van der Waals surface area (Å²) in [6.45, 7) is 1.71. The van der Waals surface area contributed by atoms with Gasteiger partial charge < -0.3 is 5.32 Å². The lowest BCUT2D eigenvalue weighted by molar-refractivity contribution is 0.0939. The van der Waals surface area contributed by atoms with Crippen LogP contribution in [0.3, 0.4) is 0 Å². The summed E-state index contributed by atoms with van der Waals surface area (Å²) < 4.78 is 28.0. The van der Waals surface area contributed by atoms with Crippen molar-refractivity contribution in [1.82, 2.24) is 5.32 Å². The van der Waals surface area contributed by atoms with Crippen LogP contribution in [0.5, 0.6) is 0 Å². The van der Waals surface area contributed by atoms with E-state index in [1.54, 1.807) is 31.2 Å². The fourth-order valence-electron chi connectivity index (χ4n) is 1.99. The second kappa shape index (κ2) is 6.80. The minimum Gasteiger partial charge on any atom is -0.349 e. The van der Waals surface area contributed by atoms with Crippen molar-refractivity contribution in [2.75, 3.05) is 0 Å². The molecule has 0 aliphatic rings. The molecule has 5 heteroatoms. The van der Waals surface area contributed by atoms with E-state index in [4.69, 9.17) is 0 Å². The lowest BCUT2D eigenvalue weighted by atomic mass is 10.1. The van der Waals surface area contributed by atoms with Crippen molar-refractivity contribution >= 4 is 21.8 Å². The maximum Gasteiger partial charge on any atom is 0.251 e. The monoisotopic (exact) mass is 353 g/mol. The third kappa shape index (κ3) is 4.11. The SMILES string of the molecule is CC(Cc1c(F)cccc1F)NC(=O)c1ccc(Br)cc1. The first-order chi connectivity index (χ1) is 9.97. The molecule has 0 spiro atoms. The molecule has 0 aromatic heterocycles. The molecule has 1 amide bonds. The van der Waals surface area contributed by atoms with E-state index in [-0.39, 0.29) is 23.9 Å². The Hall–Kier alpha value is -1.75. The summed E-state index contributed by atoms with van der Waals surface area (Å²) in [4.78, 5) is 12.0. The Balaban J connectivity index is 2.03. The van der Waals surface area contributed by atoms with Gasteiger partial charge >= 0.3 is 0 Å². The van der Waals surface area contributed by atoms with Gasteiger partial charge in [0.25, 0.3) is 5.91 Å². The van der Waals surface area contributed by atoms with Crippen LogP contribution in [0.25, 0.3) is 0 Å². The van der Waals surface area contributed by atoms with Crippen molar-refractivity contribution in [1.29, 1.82) is 0 Å². The van der Waals surface area contributed by atoms with Gasteiger partial charge in [-0.1, -0.05) is 22.0 Å². The van der Waals surface area contributed by atoms with E-state index in [1.165, 1.54) is 18.2 Å². The van der Waals surface area contributed by atoms with Gasteiger partial charge in [-0.15, -0.1) is 0 Å². The van der Waals surface area contributed by atoms with Crippen LogP contribution in [0.15, 0.2) is 46.9 Å². The molecule has 0 radical (unpaired) electrons. The van der Waals surface area contributed by atoms with E-state index >= 15 is 0 Å². The Morgan fingerprint density at radius 3 is 2.29 bits per heavy atom. The van der Waals surface area contributed by atoms with E-state index < -0.39 is 11.6 Å². The van der Waals surface area contributed by atoms with E-state index in [0.717, 1.165) is 4.47 Å². The van der Waals surface area contributed by atoms with Gasteiger partial charge in [-0.2, -0.15) is 0 Å². The number of nitrogens with one attached hydrogen (secondary N) is 1. The van der Waals surface area contributed by atoms with E-state index in [1.807, 2.05) is 0 Å². The summed E-state index contributed by atoms with van der Waals surface area (Å²) in [5.41, 5.74) is 0.486. The van der Waals surface area contributed by atoms with Crippen LogP contribution >= 0.6 is 15.9 Å². The van der Waals surface area contributed by atoms with Gasteiger partial charge in [0.15, 0.2) is 0 Å². The quantitative estimate of drug-likeness (QED) is 0.881. The van der Waals surface area contributed by atoms with Gasteiger partial charge in [-0.05, 0) is 49.7 Å². The highest BCUT2D eigenvalue weighted by Crippen LogP contribution is 2.15. The molecular formula is C16H14BrF2NO. The molecule has 0 aliphatic heterocycles. The Morgan fingerprint density at radius 1 is 1.14 bits per heavy atom. The highest BCUT2D eigenvalue weighted by molar-refractivity contribution is 9.10. The number of rotatable bonds is 4. The Labute approximate surface area is 130 Å². The summed E-state index contributed by atoms with van der Waals surface area (Å²) in [6, 6.07) is 10.2. The van der Waals surface area contributed by atoms with Crippen LogP contribution in [0.2, 0.25) is 0 Å². The van der Waals surface area contributed by atoms with Crippen molar-refractivity contribution in [2.24, 2.45) is 0 Å². The fourth-order valence-corrected chi connectivity index (χ4v) is 2.26. The zero-order valence-corrected chi connectivity index (χ0v) is 13.0. The second-order valence-corrected chi connectivity index (χ2v) is 5.70. The molecule has 0 fully saturated rings. The molecule has 1 N–H and O–H groups in total. The number of amides is 1. The van der Waals surface area contributed by atoms with Crippen LogP contribution in [0, 0.1) is 11.6 Å². The predicted molar refractivity (Wildman–Crippen MR) is 81.1 cm³/mol. The van der Waals surface area contributed by atoms with Crippen molar-refractivity contribution in [3.05, 3.63) is 69.7 Å². The zero-order valence-electron chi connectivity index (χ0n) is 11.4.